The highest BCUT2D eigenvalue weighted by Crippen LogP contribution is 2.23. The van der Waals surface area contributed by atoms with Crippen LogP contribution in [0.3, 0.4) is 0 Å². The zero-order valence-corrected chi connectivity index (χ0v) is 23.1. The van der Waals surface area contributed by atoms with E-state index in [0.717, 1.165) is 62.8 Å². The van der Waals surface area contributed by atoms with Crippen LogP contribution in [0.2, 0.25) is 0 Å². The number of hydrogen-bond acceptors (Lipinski definition) is 5. The van der Waals surface area contributed by atoms with Crippen LogP contribution in [-0.2, 0) is 11.3 Å². The Morgan fingerprint density at radius 2 is 2.06 bits per heavy atom. The molecule has 188 valence electrons. The number of hydrogen-bond donors (Lipinski definition) is 2. The standard InChI is InChI=1S/C25H43N5O2.HI/c1-4-26-25(27-11-6-13-30-14-7-12-29(3)15-16-30)28-19-22-10-9-21(2)18-24(22)32-20-23-8-5-17-31-23;/h9-10,18,23H,4-8,11-17,19-20H2,1-3H3,(H2,26,27,28);1H. The van der Waals surface area contributed by atoms with E-state index in [1.54, 1.807) is 0 Å². The molecule has 0 bridgehead atoms. The first-order chi connectivity index (χ1) is 15.6. The molecule has 7 nitrogen and oxygen atoms in total. The Morgan fingerprint density at radius 3 is 2.85 bits per heavy atom. The van der Waals surface area contributed by atoms with Crippen molar-refractivity contribution in [2.24, 2.45) is 4.99 Å². The van der Waals surface area contributed by atoms with Crippen molar-refractivity contribution in [2.75, 3.05) is 66.1 Å². The minimum absolute atomic E-state index is 0. The molecule has 8 heteroatoms. The van der Waals surface area contributed by atoms with Gasteiger partial charge in [-0.1, -0.05) is 12.1 Å². The Labute approximate surface area is 217 Å². The van der Waals surface area contributed by atoms with E-state index in [4.69, 9.17) is 14.5 Å². The van der Waals surface area contributed by atoms with Crippen LogP contribution < -0.4 is 15.4 Å². The van der Waals surface area contributed by atoms with Crippen LogP contribution in [0.15, 0.2) is 23.2 Å². The van der Waals surface area contributed by atoms with Crippen LogP contribution in [-0.4, -0.2) is 87.9 Å². The van der Waals surface area contributed by atoms with Crippen LogP contribution in [0, 0.1) is 6.92 Å². The van der Waals surface area contributed by atoms with Gasteiger partial charge in [0.25, 0.3) is 0 Å². The molecule has 2 aliphatic heterocycles. The Bertz CT molecular complexity index is 712. The fourth-order valence-electron chi connectivity index (χ4n) is 4.22. The van der Waals surface area contributed by atoms with E-state index < -0.39 is 0 Å². The molecule has 1 atom stereocenters. The van der Waals surface area contributed by atoms with E-state index in [9.17, 15) is 0 Å². The summed E-state index contributed by atoms with van der Waals surface area (Å²) in [6.07, 6.45) is 4.82. The summed E-state index contributed by atoms with van der Waals surface area (Å²) in [6.45, 7) is 13.9. The number of ether oxygens (including phenoxy) is 2. The van der Waals surface area contributed by atoms with Crippen LogP contribution in [0.1, 0.15) is 43.7 Å². The average Bonchev–Trinajstić information content (AvgIpc) is 3.22. The summed E-state index contributed by atoms with van der Waals surface area (Å²) < 4.78 is 11.8. The number of likely N-dealkylation sites (N-methyl/N-ethyl adjacent to an activating group) is 1. The van der Waals surface area contributed by atoms with Crippen molar-refractivity contribution in [3.8, 4) is 5.75 Å². The van der Waals surface area contributed by atoms with Gasteiger partial charge in [0.1, 0.15) is 12.4 Å². The maximum absolute atomic E-state index is 6.13. The van der Waals surface area contributed by atoms with Gasteiger partial charge in [-0.2, -0.15) is 0 Å². The summed E-state index contributed by atoms with van der Waals surface area (Å²) in [5.41, 5.74) is 2.31. The molecule has 0 amide bonds. The monoisotopic (exact) mass is 573 g/mol. The van der Waals surface area contributed by atoms with Gasteiger partial charge in [0.05, 0.1) is 12.6 Å². The number of halogens is 1. The van der Waals surface area contributed by atoms with Gasteiger partial charge in [0, 0.05) is 38.3 Å². The lowest BCUT2D eigenvalue weighted by atomic mass is 10.1. The summed E-state index contributed by atoms with van der Waals surface area (Å²) in [4.78, 5) is 9.84. The van der Waals surface area contributed by atoms with Crippen molar-refractivity contribution in [3.05, 3.63) is 29.3 Å². The van der Waals surface area contributed by atoms with E-state index >= 15 is 0 Å². The predicted octanol–water partition coefficient (Wildman–Crippen LogP) is 3.25. The summed E-state index contributed by atoms with van der Waals surface area (Å²) in [7, 11) is 2.22. The smallest absolute Gasteiger partial charge is 0.191 e. The van der Waals surface area contributed by atoms with E-state index in [1.165, 1.54) is 38.2 Å². The van der Waals surface area contributed by atoms with Crippen LogP contribution in [0.25, 0.3) is 0 Å². The second-order valence-electron chi connectivity index (χ2n) is 9.03. The summed E-state index contributed by atoms with van der Waals surface area (Å²) in [6, 6.07) is 6.37. The van der Waals surface area contributed by atoms with Crippen molar-refractivity contribution in [1.82, 2.24) is 20.4 Å². The van der Waals surface area contributed by atoms with Gasteiger partial charge in [0.2, 0.25) is 0 Å². The first-order valence-electron chi connectivity index (χ1n) is 12.4. The van der Waals surface area contributed by atoms with E-state index in [-0.39, 0.29) is 30.1 Å². The van der Waals surface area contributed by atoms with Gasteiger partial charge in [-0.25, -0.2) is 4.99 Å². The van der Waals surface area contributed by atoms with Gasteiger partial charge in [-0.05, 0) is 77.8 Å². The van der Waals surface area contributed by atoms with E-state index in [1.807, 2.05) is 0 Å². The van der Waals surface area contributed by atoms with Gasteiger partial charge >= 0.3 is 0 Å². The van der Waals surface area contributed by atoms with Crippen molar-refractivity contribution >= 4 is 29.9 Å². The molecular formula is C25H44IN5O2. The molecule has 0 radical (unpaired) electrons. The summed E-state index contributed by atoms with van der Waals surface area (Å²) in [5.74, 6) is 1.79. The predicted molar refractivity (Wildman–Crippen MR) is 147 cm³/mol. The first-order valence-corrected chi connectivity index (χ1v) is 12.4. The topological polar surface area (TPSA) is 61.4 Å². The van der Waals surface area contributed by atoms with E-state index in [2.05, 4.69) is 59.5 Å². The minimum atomic E-state index is 0. The third-order valence-corrected chi connectivity index (χ3v) is 6.18. The van der Waals surface area contributed by atoms with Crippen molar-refractivity contribution in [2.45, 2.75) is 52.2 Å². The Morgan fingerprint density at radius 1 is 1.18 bits per heavy atom. The maximum atomic E-state index is 6.13. The Hall–Kier alpha value is -1.10. The van der Waals surface area contributed by atoms with Gasteiger partial charge in [0.15, 0.2) is 5.96 Å². The average molecular weight is 574 g/mol. The molecule has 0 saturated carbocycles. The van der Waals surface area contributed by atoms with E-state index in [0.29, 0.717) is 13.2 Å². The molecule has 1 unspecified atom stereocenters. The highest BCUT2D eigenvalue weighted by Gasteiger charge is 2.17. The largest absolute Gasteiger partial charge is 0.491 e. The summed E-state index contributed by atoms with van der Waals surface area (Å²) >= 11 is 0. The molecule has 2 aliphatic rings. The third-order valence-electron chi connectivity index (χ3n) is 6.18. The lowest BCUT2D eigenvalue weighted by Gasteiger charge is -2.20. The maximum Gasteiger partial charge on any atom is 0.191 e. The number of guanidine groups is 1. The molecule has 1 aromatic rings. The molecule has 2 saturated heterocycles. The molecule has 0 aliphatic carbocycles. The zero-order chi connectivity index (χ0) is 22.6. The molecule has 3 rings (SSSR count). The molecule has 2 fully saturated rings. The molecule has 1 aromatic carbocycles. The molecular weight excluding hydrogens is 529 g/mol. The number of aliphatic imine (C=N–C) groups is 1. The highest BCUT2D eigenvalue weighted by atomic mass is 127. The molecule has 0 aromatic heterocycles. The van der Waals surface area contributed by atoms with Crippen LogP contribution in [0.5, 0.6) is 5.75 Å². The lowest BCUT2D eigenvalue weighted by molar-refractivity contribution is 0.0676. The number of benzene rings is 1. The molecule has 2 N–H and O–H groups in total. The highest BCUT2D eigenvalue weighted by molar-refractivity contribution is 14.0. The number of nitrogens with zero attached hydrogens (tertiary/aromatic N) is 3. The Balaban J connectivity index is 0.00000385. The number of aryl methyl sites for hydroxylation is 1. The first kappa shape index (κ1) is 28.1. The quantitative estimate of drug-likeness (QED) is 0.194. The molecule has 2 heterocycles. The van der Waals surface area contributed by atoms with Crippen molar-refractivity contribution in [1.29, 1.82) is 0 Å². The fourth-order valence-corrected chi connectivity index (χ4v) is 4.22. The minimum Gasteiger partial charge on any atom is -0.491 e. The molecule has 33 heavy (non-hydrogen) atoms. The van der Waals surface area contributed by atoms with Crippen LogP contribution >= 0.6 is 24.0 Å². The summed E-state index contributed by atoms with van der Waals surface area (Å²) in [5, 5.41) is 6.88. The van der Waals surface area contributed by atoms with Crippen molar-refractivity contribution < 1.29 is 9.47 Å². The van der Waals surface area contributed by atoms with Gasteiger partial charge in [-0.3, -0.25) is 0 Å². The third kappa shape index (κ3) is 10.4. The van der Waals surface area contributed by atoms with Crippen molar-refractivity contribution in [3.63, 3.8) is 0 Å². The normalized spacial score (nSPS) is 20.2. The van der Waals surface area contributed by atoms with Gasteiger partial charge < -0.3 is 29.9 Å². The zero-order valence-electron chi connectivity index (χ0n) is 20.8. The molecule has 0 spiro atoms. The second-order valence-corrected chi connectivity index (χ2v) is 9.03. The second kappa shape index (κ2) is 15.7. The lowest BCUT2D eigenvalue weighted by Crippen LogP contribution is -2.39. The fraction of sp³-hybridized carbons (Fsp3) is 0.720. The Kier molecular flexibility index (Phi) is 13.4. The van der Waals surface area contributed by atoms with Gasteiger partial charge in [-0.15, -0.1) is 24.0 Å². The number of nitrogens with one attached hydrogen (secondary N) is 2. The SMILES string of the molecule is CCNC(=NCc1ccc(C)cc1OCC1CCCO1)NCCCN1CCCN(C)CC1.I. The number of rotatable bonds is 10. The van der Waals surface area contributed by atoms with Crippen LogP contribution in [0.4, 0.5) is 0 Å².